The number of ether oxygens (including phenoxy) is 1. The van der Waals surface area contributed by atoms with Gasteiger partial charge < -0.3 is 10.1 Å². The van der Waals surface area contributed by atoms with Gasteiger partial charge in [0, 0.05) is 11.4 Å². The summed E-state index contributed by atoms with van der Waals surface area (Å²) in [6, 6.07) is 29.1. The Bertz CT molecular complexity index is 1380. The number of anilines is 2. The summed E-state index contributed by atoms with van der Waals surface area (Å²) in [6.45, 7) is 0.438. The lowest BCUT2D eigenvalue weighted by Crippen LogP contribution is -2.15. The number of halogens is 1. The molecule has 4 rings (SSSR count). The van der Waals surface area contributed by atoms with Crippen molar-refractivity contribution in [3.63, 3.8) is 0 Å². The van der Waals surface area contributed by atoms with Gasteiger partial charge >= 0.3 is 0 Å². The van der Waals surface area contributed by atoms with E-state index in [2.05, 4.69) is 10.0 Å². The van der Waals surface area contributed by atoms with E-state index < -0.39 is 15.9 Å². The molecule has 1 amide bonds. The van der Waals surface area contributed by atoms with Gasteiger partial charge in [0.2, 0.25) is 0 Å². The number of nitrogens with one attached hydrogen (secondary N) is 2. The lowest BCUT2D eigenvalue weighted by Gasteiger charge is -2.12. The second-order valence-electron chi connectivity index (χ2n) is 7.37. The van der Waals surface area contributed by atoms with Gasteiger partial charge in [-0.3, -0.25) is 9.52 Å². The second-order valence-corrected chi connectivity index (χ2v) is 9.46. The van der Waals surface area contributed by atoms with E-state index in [4.69, 9.17) is 16.3 Å². The third-order valence-corrected chi connectivity index (χ3v) is 6.60. The average molecular weight is 493 g/mol. The Hall–Kier alpha value is -3.81. The molecule has 0 aromatic heterocycles. The van der Waals surface area contributed by atoms with Crippen LogP contribution in [0.25, 0.3) is 0 Å². The first-order valence-corrected chi connectivity index (χ1v) is 12.2. The lowest BCUT2D eigenvalue weighted by molar-refractivity contribution is 0.102. The third kappa shape index (κ3) is 5.95. The van der Waals surface area contributed by atoms with Crippen LogP contribution in [0, 0.1) is 0 Å². The number of hydrogen-bond acceptors (Lipinski definition) is 4. The molecule has 172 valence electrons. The topological polar surface area (TPSA) is 84.5 Å². The number of carbonyl (C=O) groups excluding carboxylic acids is 1. The van der Waals surface area contributed by atoms with E-state index in [1.54, 1.807) is 42.5 Å². The van der Waals surface area contributed by atoms with Gasteiger partial charge in [0.1, 0.15) is 12.4 Å². The summed E-state index contributed by atoms with van der Waals surface area (Å²) < 4.78 is 33.4. The fourth-order valence-electron chi connectivity index (χ4n) is 3.15. The molecule has 0 fully saturated rings. The molecule has 0 bridgehead atoms. The third-order valence-electron chi connectivity index (χ3n) is 4.88. The molecule has 0 saturated carbocycles. The fraction of sp³-hybridized carbons (Fsp3) is 0.0385. The Labute approximate surface area is 203 Å². The first-order valence-electron chi connectivity index (χ1n) is 10.4. The summed E-state index contributed by atoms with van der Waals surface area (Å²) in [5.41, 5.74) is 1.96. The SMILES string of the molecule is O=C(Nc1ccc(OCc2ccccc2)cc1)c1cc(NS(=O)(=O)c2ccccc2)ccc1Cl. The summed E-state index contributed by atoms with van der Waals surface area (Å²) in [6.07, 6.45) is 0. The smallest absolute Gasteiger partial charge is 0.261 e. The molecule has 4 aromatic rings. The van der Waals surface area contributed by atoms with Crippen molar-refractivity contribution >= 4 is 38.9 Å². The Morgan fingerprint density at radius 1 is 0.794 bits per heavy atom. The lowest BCUT2D eigenvalue weighted by atomic mass is 10.2. The largest absolute Gasteiger partial charge is 0.489 e. The van der Waals surface area contributed by atoms with E-state index in [0.717, 1.165) is 5.56 Å². The maximum atomic E-state index is 12.8. The quantitative estimate of drug-likeness (QED) is 0.317. The minimum Gasteiger partial charge on any atom is -0.489 e. The van der Waals surface area contributed by atoms with Crippen LogP contribution in [0.15, 0.2) is 108 Å². The molecular formula is C26H21ClN2O4S. The molecule has 2 N–H and O–H groups in total. The number of amides is 1. The highest BCUT2D eigenvalue weighted by molar-refractivity contribution is 7.92. The Kier molecular flexibility index (Phi) is 7.15. The van der Waals surface area contributed by atoms with Crippen molar-refractivity contribution in [1.29, 1.82) is 0 Å². The van der Waals surface area contributed by atoms with Gasteiger partial charge in [-0.05, 0) is 60.2 Å². The number of sulfonamides is 1. The molecule has 0 radical (unpaired) electrons. The number of carbonyl (C=O) groups is 1. The van der Waals surface area contributed by atoms with E-state index in [1.807, 2.05) is 30.3 Å². The van der Waals surface area contributed by atoms with Crippen molar-refractivity contribution in [3.8, 4) is 5.75 Å². The minimum absolute atomic E-state index is 0.116. The van der Waals surface area contributed by atoms with E-state index in [1.165, 1.54) is 30.3 Å². The first-order chi connectivity index (χ1) is 16.4. The Morgan fingerprint density at radius 2 is 1.41 bits per heavy atom. The zero-order valence-electron chi connectivity index (χ0n) is 17.9. The van der Waals surface area contributed by atoms with Gasteiger partial charge in [0.05, 0.1) is 15.5 Å². The van der Waals surface area contributed by atoms with Crippen LogP contribution in [0.2, 0.25) is 5.02 Å². The molecule has 0 atom stereocenters. The molecule has 0 aliphatic rings. The van der Waals surface area contributed by atoms with Gasteiger partial charge in [-0.15, -0.1) is 0 Å². The standard InChI is InChI=1S/C26H21ClN2O4S/c27-25-16-13-21(29-34(31,32)23-9-5-2-6-10-23)17-24(25)26(30)28-20-11-14-22(15-12-20)33-18-19-7-3-1-4-8-19/h1-17,29H,18H2,(H,28,30). The zero-order valence-corrected chi connectivity index (χ0v) is 19.5. The van der Waals surface area contributed by atoms with Crippen molar-refractivity contribution in [2.75, 3.05) is 10.0 Å². The van der Waals surface area contributed by atoms with Crippen LogP contribution in [0.1, 0.15) is 15.9 Å². The number of benzene rings is 4. The van der Waals surface area contributed by atoms with Crippen LogP contribution in [-0.4, -0.2) is 14.3 Å². The van der Waals surface area contributed by atoms with E-state index in [-0.39, 0.29) is 21.2 Å². The molecule has 0 heterocycles. The normalized spacial score (nSPS) is 11.0. The van der Waals surface area contributed by atoms with Gasteiger partial charge in [0.15, 0.2) is 0 Å². The summed E-state index contributed by atoms with van der Waals surface area (Å²) in [5, 5.41) is 2.96. The van der Waals surface area contributed by atoms with Crippen molar-refractivity contribution < 1.29 is 17.9 Å². The molecule has 6 nitrogen and oxygen atoms in total. The monoisotopic (exact) mass is 492 g/mol. The highest BCUT2D eigenvalue weighted by Gasteiger charge is 2.17. The van der Waals surface area contributed by atoms with Gasteiger partial charge in [-0.2, -0.15) is 0 Å². The fourth-order valence-corrected chi connectivity index (χ4v) is 4.42. The average Bonchev–Trinajstić information content (AvgIpc) is 2.86. The van der Waals surface area contributed by atoms with Crippen LogP contribution in [0.3, 0.4) is 0 Å². The molecule has 0 spiro atoms. The number of hydrogen-bond donors (Lipinski definition) is 2. The highest BCUT2D eigenvalue weighted by Crippen LogP contribution is 2.25. The van der Waals surface area contributed by atoms with Crippen LogP contribution in [0.4, 0.5) is 11.4 Å². The highest BCUT2D eigenvalue weighted by atomic mass is 35.5. The Balaban J connectivity index is 1.42. The maximum Gasteiger partial charge on any atom is 0.261 e. The molecule has 8 heteroatoms. The maximum absolute atomic E-state index is 12.8. The number of rotatable bonds is 8. The molecule has 0 aliphatic carbocycles. The summed E-state index contributed by atoms with van der Waals surface area (Å²) in [7, 11) is -3.80. The van der Waals surface area contributed by atoms with Gasteiger partial charge in [-0.1, -0.05) is 60.1 Å². The van der Waals surface area contributed by atoms with E-state index in [9.17, 15) is 13.2 Å². The predicted molar refractivity (Wildman–Crippen MR) is 134 cm³/mol. The molecule has 4 aromatic carbocycles. The van der Waals surface area contributed by atoms with E-state index >= 15 is 0 Å². The summed E-state index contributed by atoms with van der Waals surface area (Å²) in [4.78, 5) is 12.9. The van der Waals surface area contributed by atoms with Crippen molar-refractivity contribution in [3.05, 3.63) is 119 Å². The molecule has 0 unspecified atom stereocenters. The predicted octanol–water partition coefficient (Wildman–Crippen LogP) is 5.97. The van der Waals surface area contributed by atoms with Crippen LogP contribution in [0.5, 0.6) is 5.75 Å². The first kappa shape index (κ1) is 23.4. The summed E-state index contributed by atoms with van der Waals surface area (Å²) in [5.74, 6) is 0.195. The van der Waals surface area contributed by atoms with Gasteiger partial charge in [-0.25, -0.2) is 8.42 Å². The van der Waals surface area contributed by atoms with Gasteiger partial charge in [0.25, 0.3) is 15.9 Å². The molecule has 34 heavy (non-hydrogen) atoms. The Morgan fingerprint density at radius 3 is 2.09 bits per heavy atom. The molecular weight excluding hydrogens is 472 g/mol. The van der Waals surface area contributed by atoms with Crippen LogP contribution >= 0.6 is 11.6 Å². The molecule has 0 saturated heterocycles. The van der Waals surface area contributed by atoms with Crippen molar-refractivity contribution in [2.24, 2.45) is 0 Å². The zero-order chi connectivity index (χ0) is 24.0. The second kappa shape index (κ2) is 10.4. The van der Waals surface area contributed by atoms with Crippen LogP contribution in [-0.2, 0) is 16.6 Å². The molecule has 0 aliphatic heterocycles. The summed E-state index contributed by atoms with van der Waals surface area (Å²) >= 11 is 6.21. The van der Waals surface area contributed by atoms with Crippen LogP contribution < -0.4 is 14.8 Å². The van der Waals surface area contributed by atoms with E-state index in [0.29, 0.717) is 18.0 Å². The van der Waals surface area contributed by atoms with Crippen molar-refractivity contribution in [1.82, 2.24) is 0 Å². The van der Waals surface area contributed by atoms with Crippen molar-refractivity contribution in [2.45, 2.75) is 11.5 Å². The minimum atomic E-state index is -3.80.